The van der Waals surface area contributed by atoms with Crippen molar-refractivity contribution in [2.45, 2.75) is 76.5 Å². The highest BCUT2D eigenvalue weighted by atomic mass is 35.5. The smallest absolute Gasteiger partial charge is 0.323 e. The average Bonchev–Trinajstić information content (AvgIpc) is 3.19. The minimum Gasteiger partial charge on any atom is -0.493 e. The molecule has 5 nitrogen and oxygen atoms in total. The van der Waals surface area contributed by atoms with E-state index in [-0.39, 0.29) is 18.1 Å². The number of carbonyl (C=O) groups is 1. The van der Waals surface area contributed by atoms with E-state index in [1.165, 1.54) is 48.6 Å². The number of fused-ring (bicyclic) bond motifs is 2. The van der Waals surface area contributed by atoms with Crippen LogP contribution in [-0.2, 0) is 28.9 Å². The van der Waals surface area contributed by atoms with Gasteiger partial charge in [-0.2, -0.15) is 0 Å². The Morgan fingerprint density at radius 3 is 2.48 bits per heavy atom. The Kier molecular flexibility index (Phi) is 8.99. The molecule has 0 unspecified atom stereocenters. The summed E-state index contributed by atoms with van der Waals surface area (Å²) < 4.78 is 17.8. The number of rotatable bonds is 8. The Morgan fingerprint density at radius 1 is 0.976 bits per heavy atom. The summed E-state index contributed by atoms with van der Waals surface area (Å²) in [6.07, 6.45) is 7.08. The molecule has 0 bridgehead atoms. The molecule has 42 heavy (non-hydrogen) atoms. The lowest BCUT2D eigenvalue weighted by Gasteiger charge is -2.39. The molecule has 3 aromatic rings. The van der Waals surface area contributed by atoms with Gasteiger partial charge in [0.05, 0.1) is 23.8 Å². The first kappa shape index (κ1) is 29.3. The van der Waals surface area contributed by atoms with Crippen molar-refractivity contribution < 1.29 is 19.0 Å². The number of benzene rings is 3. The Morgan fingerprint density at radius 2 is 1.79 bits per heavy atom. The normalized spacial score (nSPS) is 21.2. The second kappa shape index (κ2) is 12.9. The molecule has 0 aromatic heterocycles. The summed E-state index contributed by atoms with van der Waals surface area (Å²) in [6.45, 7) is 4.52. The zero-order chi connectivity index (χ0) is 29.2. The van der Waals surface area contributed by atoms with E-state index in [9.17, 15) is 4.79 Å². The van der Waals surface area contributed by atoms with Gasteiger partial charge in [0.15, 0.2) is 0 Å². The summed E-state index contributed by atoms with van der Waals surface area (Å²) in [6, 6.07) is 18.5. The van der Waals surface area contributed by atoms with Crippen LogP contribution in [0.15, 0.2) is 54.6 Å². The van der Waals surface area contributed by atoms with Gasteiger partial charge < -0.3 is 14.2 Å². The van der Waals surface area contributed by atoms with Crippen molar-refractivity contribution in [2.24, 2.45) is 5.92 Å². The van der Waals surface area contributed by atoms with Gasteiger partial charge in [0.25, 0.3) is 0 Å². The fourth-order valence-corrected chi connectivity index (χ4v) is 6.93. The van der Waals surface area contributed by atoms with Crippen LogP contribution in [0.25, 0.3) is 0 Å². The van der Waals surface area contributed by atoms with Crippen LogP contribution in [-0.4, -0.2) is 37.2 Å². The van der Waals surface area contributed by atoms with E-state index < -0.39 is 0 Å². The quantitative estimate of drug-likeness (QED) is 0.241. The monoisotopic (exact) mass is 607 g/mol. The van der Waals surface area contributed by atoms with E-state index in [0.717, 1.165) is 49.4 Å². The lowest BCUT2D eigenvalue weighted by Crippen LogP contribution is -2.48. The highest BCUT2D eigenvalue weighted by Gasteiger charge is 2.35. The minimum atomic E-state index is -0.218. The molecule has 3 aromatic carbocycles. The molecule has 1 saturated carbocycles. The number of ether oxygens (including phenoxy) is 3. The van der Waals surface area contributed by atoms with Crippen LogP contribution in [0.2, 0.25) is 10.0 Å². The van der Waals surface area contributed by atoms with Crippen molar-refractivity contribution in [3.63, 3.8) is 0 Å². The van der Waals surface area contributed by atoms with E-state index in [2.05, 4.69) is 48.2 Å². The van der Waals surface area contributed by atoms with Crippen LogP contribution in [0.5, 0.6) is 11.5 Å². The number of esters is 1. The third kappa shape index (κ3) is 6.29. The van der Waals surface area contributed by atoms with Crippen LogP contribution in [0.4, 0.5) is 0 Å². The van der Waals surface area contributed by atoms with Crippen molar-refractivity contribution in [3.8, 4) is 11.5 Å². The Bertz CT molecular complexity index is 1420. The first-order valence-corrected chi connectivity index (χ1v) is 16.0. The van der Waals surface area contributed by atoms with Gasteiger partial charge in [-0.3, -0.25) is 9.69 Å². The summed E-state index contributed by atoms with van der Waals surface area (Å²) in [5.41, 5.74) is 6.08. The summed E-state index contributed by atoms with van der Waals surface area (Å²) in [5.74, 6) is 2.71. The maximum absolute atomic E-state index is 12.7. The van der Waals surface area contributed by atoms with Gasteiger partial charge in [0.2, 0.25) is 0 Å². The van der Waals surface area contributed by atoms with E-state index >= 15 is 0 Å². The maximum atomic E-state index is 12.7. The zero-order valence-electron chi connectivity index (χ0n) is 24.4. The van der Waals surface area contributed by atoms with Gasteiger partial charge in [0, 0.05) is 13.1 Å². The minimum absolute atomic E-state index is 0.0995. The van der Waals surface area contributed by atoms with Crippen molar-refractivity contribution in [1.82, 2.24) is 4.90 Å². The van der Waals surface area contributed by atoms with Crippen molar-refractivity contribution in [2.75, 3.05) is 20.3 Å². The second-order valence-electron chi connectivity index (χ2n) is 12.0. The lowest BCUT2D eigenvalue weighted by molar-refractivity contribution is -0.148. The number of nitrogens with zero attached hydrogens (tertiary/aromatic N) is 1. The largest absolute Gasteiger partial charge is 0.493 e. The standard InChI is InChI=1S/C35H39Cl2NO4/c1-3-33(25-9-12-30(36)31(37)17-25)42-29-10-7-23(8-11-29)24-13-14-41-34-19-26-18-32(35(39)40-2)38(20-22-5-4-6-22)21-28(26)16-27(34)15-24/h7-12,16-17,19,22,24,32-33H,3-6,13-15,18,20-21H2,1-2H3/t24-,32+,33-/m1/s1. The van der Waals surface area contributed by atoms with E-state index in [1.54, 1.807) is 0 Å². The van der Waals surface area contributed by atoms with E-state index in [0.29, 0.717) is 34.9 Å². The number of hydrogen-bond donors (Lipinski definition) is 0. The lowest BCUT2D eigenvalue weighted by atomic mass is 9.83. The molecule has 0 amide bonds. The molecule has 7 heteroatoms. The molecular formula is C35H39Cl2NO4. The van der Waals surface area contributed by atoms with Gasteiger partial charge in [-0.05, 0) is 109 Å². The first-order chi connectivity index (χ1) is 20.4. The Hall–Kier alpha value is -2.73. The van der Waals surface area contributed by atoms with Gasteiger partial charge in [-0.25, -0.2) is 0 Å². The molecule has 3 atom stereocenters. The number of halogens is 2. The van der Waals surface area contributed by atoms with E-state index in [1.807, 2.05) is 18.2 Å². The number of carbonyl (C=O) groups excluding carboxylic acids is 1. The summed E-state index contributed by atoms with van der Waals surface area (Å²) in [5, 5.41) is 1.09. The molecular weight excluding hydrogens is 569 g/mol. The van der Waals surface area contributed by atoms with Crippen molar-refractivity contribution in [3.05, 3.63) is 92.5 Å². The summed E-state index contributed by atoms with van der Waals surface area (Å²) in [7, 11) is 1.50. The SMILES string of the molecule is CC[C@@H](Oc1ccc([C@@H]2CCOc3cc4c(cc3C2)CN(CC2CCC2)[C@H](C(=O)OC)C4)cc1)c1ccc(Cl)c(Cl)c1. The molecule has 6 rings (SSSR count). The highest BCUT2D eigenvalue weighted by molar-refractivity contribution is 6.42. The highest BCUT2D eigenvalue weighted by Crippen LogP contribution is 2.39. The number of methoxy groups -OCH3 is 1. The molecule has 0 radical (unpaired) electrons. The van der Waals surface area contributed by atoms with Crippen LogP contribution in [0.1, 0.15) is 78.9 Å². The molecule has 2 heterocycles. The predicted octanol–water partition coefficient (Wildman–Crippen LogP) is 8.33. The van der Waals surface area contributed by atoms with Crippen LogP contribution < -0.4 is 9.47 Å². The Balaban J connectivity index is 1.17. The van der Waals surface area contributed by atoms with Gasteiger partial charge >= 0.3 is 5.97 Å². The van der Waals surface area contributed by atoms with Gasteiger partial charge in [-0.1, -0.05) is 60.8 Å². The third-order valence-corrected chi connectivity index (χ3v) is 10.0. The summed E-state index contributed by atoms with van der Waals surface area (Å²) >= 11 is 12.4. The summed E-state index contributed by atoms with van der Waals surface area (Å²) in [4.78, 5) is 15.0. The third-order valence-electron chi connectivity index (χ3n) is 9.31. The van der Waals surface area contributed by atoms with Crippen LogP contribution in [0.3, 0.4) is 0 Å². The molecule has 0 saturated heterocycles. The fourth-order valence-electron chi connectivity index (χ4n) is 6.63. The molecule has 0 N–H and O–H groups in total. The van der Waals surface area contributed by atoms with Crippen molar-refractivity contribution in [1.29, 1.82) is 0 Å². The van der Waals surface area contributed by atoms with Crippen molar-refractivity contribution >= 4 is 29.2 Å². The molecule has 0 spiro atoms. The molecule has 2 aliphatic heterocycles. The van der Waals surface area contributed by atoms with Gasteiger partial charge in [-0.15, -0.1) is 0 Å². The molecule has 222 valence electrons. The first-order valence-electron chi connectivity index (χ1n) is 15.2. The second-order valence-corrected chi connectivity index (χ2v) is 12.8. The van der Waals surface area contributed by atoms with Gasteiger partial charge in [0.1, 0.15) is 23.6 Å². The van der Waals surface area contributed by atoms with E-state index in [4.69, 9.17) is 37.4 Å². The topological polar surface area (TPSA) is 48.0 Å². The Labute approximate surface area is 259 Å². The fraction of sp³-hybridized carbons (Fsp3) is 0.457. The molecule has 1 fully saturated rings. The zero-order valence-corrected chi connectivity index (χ0v) is 25.9. The maximum Gasteiger partial charge on any atom is 0.323 e. The predicted molar refractivity (Wildman–Crippen MR) is 167 cm³/mol. The average molecular weight is 609 g/mol. The molecule has 3 aliphatic rings. The van der Waals surface area contributed by atoms with Crippen LogP contribution in [0, 0.1) is 5.92 Å². The number of hydrogen-bond acceptors (Lipinski definition) is 5. The molecule has 1 aliphatic carbocycles. The van der Waals surface area contributed by atoms with Crippen LogP contribution >= 0.6 is 23.2 Å².